The van der Waals surface area contributed by atoms with E-state index >= 15 is 0 Å². The standard InChI is InChI=1S/C11H11NO.C10H9NO.ClH.Ga/c1-7-6-8(2)12-11-9(7)4-3-5-10(11)13;1-7-5-6-8-3-2-4-9(12)10(8)11-7;;/h3-6,13H,1-2H3;2-6,12H,1H3;1H;/q;;;+3/p-3. The average molecular weight is 436 g/mol. The van der Waals surface area contributed by atoms with E-state index in [1.165, 1.54) is 0 Å². The Labute approximate surface area is 168 Å². The second-order valence-corrected chi connectivity index (χ2v) is 10.5. The molecular weight excluding hydrogens is 417 g/mol. The van der Waals surface area contributed by atoms with Crippen molar-refractivity contribution in [3.8, 4) is 11.5 Å². The van der Waals surface area contributed by atoms with E-state index in [2.05, 4.69) is 23.0 Å². The first kappa shape index (κ1) is 18.2. The van der Waals surface area contributed by atoms with E-state index in [1.54, 1.807) is 0 Å². The second-order valence-electron chi connectivity index (χ2n) is 6.52. The van der Waals surface area contributed by atoms with Crippen LogP contribution in [0.2, 0.25) is 0 Å². The third-order valence-electron chi connectivity index (χ3n) is 4.40. The Kier molecular flexibility index (Phi) is 4.99. The Bertz CT molecular complexity index is 1150. The molecule has 4 nitrogen and oxygen atoms in total. The minimum atomic E-state index is -3.06. The van der Waals surface area contributed by atoms with Gasteiger partial charge in [-0.1, -0.05) is 0 Å². The molecule has 0 atom stereocenters. The van der Waals surface area contributed by atoms with Crippen molar-refractivity contribution in [3.05, 3.63) is 71.5 Å². The normalized spacial score (nSPS) is 11.0. The number of nitrogens with zero attached hydrogens (tertiary/aromatic N) is 2. The fourth-order valence-corrected chi connectivity index (χ4v) is 5.92. The van der Waals surface area contributed by atoms with E-state index in [0.717, 1.165) is 38.8 Å². The molecule has 4 rings (SSSR count). The number of aryl methyl sites for hydroxylation is 3. The van der Waals surface area contributed by atoms with Gasteiger partial charge < -0.3 is 0 Å². The van der Waals surface area contributed by atoms with Crippen molar-refractivity contribution in [2.45, 2.75) is 20.8 Å². The van der Waals surface area contributed by atoms with E-state index in [1.807, 2.05) is 62.4 Å². The number of pyridine rings is 2. The topological polar surface area (TPSA) is 44.2 Å². The third kappa shape index (κ3) is 3.76. The van der Waals surface area contributed by atoms with Gasteiger partial charge in [-0.3, -0.25) is 0 Å². The zero-order valence-corrected chi connectivity index (χ0v) is 18.5. The van der Waals surface area contributed by atoms with E-state index in [-0.39, 0.29) is 0 Å². The van der Waals surface area contributed by atoms with E-state index < -0.39 is 15.9 Å². The molecule has 0 saturated heterocycles. The molecule has 27 heavy (non-hydrogen) atoms. The van der Waals surface area contributed by atoms with Crippen LogP contribution in [0.4, 0.5) is 0 Å². The maximum atomic E-state index is 6.56. The van der Waals surface area contributed by atoms with E-state index in [0.29, 0.717) is 11.5 Å². The third-order valence-corrected chi connectivity index (χ3v) is 7.17. The summed E-state index contributed by atoms with van der Waals surface area (Å²) in [5.74, 6) is 1.33. The van der Waals surface area contributed by atoms with Gasteiger partial charge in [-0.2, -0.15) is 0 Å². The van der Waals surface area contributed by atoms with Crippen molar-refractivity contribution in [1.82, 2.24) is 9.97 Å². The Hall–Kier alpha value is -2.21. The number of halogens is 1. The first-order valence-corrected chi connectivity index (χ1v) is 13.9. The molecule has 0 spiro atoms. The molecule has 4 aromatic rings. The molecular formula is C21H18ClGaN2O2. The van der Waals surface area contributed by atoms with Crippen LogP contribution in [0.25, 0.3) is 21.8 Å². The van der Waals surface area contributed by atoms with Gasteiger partial charge in [0.15, 0.2) is 0 Å². The van der Waals surface area contributed by atoms with Crippen molar-refractivity contribution >= 4 is 47.4 Å². The number of benzene rings is 2. The SMILES string of the molecule is Cc1ccc2cccc([O][Ga]([Cl])[O]c3cccc4c(C)cc(C)nc34)c2n1. The Morgan fingerprint density at radius 1 is 0.778 bits per heavy atom. The fraction of sp³-hybridized carbons (Fsp3) is 0.143. The van der Waals surface area contributed by atoms with Gasteiger partial charge in [-0.15, -0.1) is 0 Å². The van der Waals surface area contributed by atoms with Gasteiger partial charge in [0, 0.05) is 0 Å². The number of hydrogen-bond donors (Lipinski definition) is 0. The van der Waals surface area contributed by atoms with Crippen LogP contribution in [0.15, 0.2) is 54.6 Å². The molecule has 0 aliphatic rings. The molecule has 0 radical (unpaired) electrons. The summed E-state index contributed by atoms with van der Waals surface area (Å²) in [6.07, 6.45) is 0. The Morgan fingerprint density at radius 3 is 2.22 bits per heavy atom. The number of hydrogen-bond acceptors (Lipinski definition) is 4. The summed E-state index contributed by atoms with van der Waals surface area (Å²) in [6.45, 7) is 6.00. The monoisotopic (exact) mass is 434 g/mol. The molecule has 0 bridgehead atoms. The molecule has 0 unspecified atom stereocenters. The summed E-state index contributed by atoms with van der Waals surface area (Å²) in [4.78, 5) is 9.22. The van der Waals surface area contributed by atoms with E-state index in [4.69, 9.17) is 16.7 Å². The van der Waals surface area contributed by atoms with Crippen LogP contribution in [0, 0.1) is 20.8 Å². The van der Waals surface area contributed by atoms with Crippen LogP contribution in [0.5, 0.6) is 11.5 Å². The molecule has 2 aromatic heterocycles. The first-order chi connectivity index (χ1) is 13.0. The van der Waals surface area contributed by atoms with Crippen LogP contribution >= 0.6 is 9.64 Å². The van der Waals surface area contributed by atoms with Gasteiger partial charge in [-0.05, 0) is 0 Å². The predicted octanol–water partition coefficient (Wildman–Crippen LogP) is 5.39. The predicted molar refractivity (Wildman–Crippen MR) is 111 cm³/mol. The van der Waals surface area contributed by atoms with Crippen LogP contribution in [0.3, 0.4) is 0 Å². The van der Waals surface area contributed by atoms with Crippen molar-refractivity contribution in [3.63, 3.8) is 0 Å². The molecule has 6 heteroatoms. The minimum absolute atomic E-state index is 0.664. The summed E-state index contributed by atoms with van der Waals surface area (Å²) in [5, 5.41) is 2.08. The van der Waals surface area contributed by atoms with E-state index in [9.17, 15) is 0 Å². The summed E-state index contributed by atoms with van der Waals surface area (Å²) >= 11 is -3.06. The molecule has 0 saturated carbocycles. The molecule has 0 fully saturated rings. The van der Waals surface area contributed by atoms with Crippen LogP contribution in [-0.4, -0.2) is 25.9 Å². The molecule has 0 aliphatic carbocycles. The van der Waals surface area contributed by atoms with Gasteiger partial charge in [-0.25, -0.2) is 0 Å². The van der Waals surface area contributed by atoms with Gasteiger partial charge in [0.2, 0.25) is 0 Å². The quantitative estimate of drug-likeness (QED) is 0.403. The van der Waals surface area contributed by atoms with Crippen molar-refractivity contribution < 1.29 is 7.06 Å². The summed E-state index contributed by atoms with van der Waals surface area (Å²) in [7, 11) is 6.56. The Morgan fingerprint density at radius 2 is 1.44 bits per heavy atom. The molecule has 0 N–H and O–H groups in total. The average Bonchev–Trinajstić information content (AvgIpc) is 2.63. The van der Waals surface area contributed by atoms with Gasteiger partial charge in [0.1, 0.15) is 0 Å². The van der Waals surface area contributed by atoms with Gasteiger partial charge >= 0.3 is 168 Å². The maximum absolute atomic E-state index is 6.56. The molecule has 2 aromatic carbocycles. The first-order valence-electron chi connectivity index (χ1n) is 8.72. The number of fused-ring (bicyclic) bond motifs is 2. The molecule has 2 heterocycles. The van der Waals surface area contributed by atoms with Crippen LogP contribution < -0.4 is 7.06 Å². The van der Waals surface area contributed by atoms with Crippen LogP contribution in [-0.2, 0) is 0 Å². The fourth-order valence-electron chi connectivity index (χ4n) is 3.19. The summed E-state index contributed by atoms with van der Waals surface area (Å²) in [5.41, 5.74) is 4.67. The Balaban J connectivity index is 1.65. The molecule has 0 aliphatic heterocycles. The summed E-state index contributed by atoms with van der Waals surface area (Å²) in [6, 6.07) is 17.8. The van der Waals surface area contributed by atoms with Gasteiger partial charge in [0.25, 0.3) is 0 Å². The number of para-hydroxylation sites is 2. The second kappa shape index (κ2) is 7.42. The van der Waals surface area contributed by atoms with Crippen molar-refractivity contribution in [1.29, 1.82) is 0 Å². The van der Waals surface area contributed by atoms with Crippen molar-refractivity contribution in [2.24, 2.45) is 0 Å². The van der Waals surface area contributed by atoms with Gasteiger partial charge in [0.05, 0.1) is 0 Å². The van der Waals surface area contributed by atoms with Crippen LogP contribution in [0.1, 0.15) is 17.0 Å². The van der Waals surface area contributed by atoms with Crippen molar-refractivity contribution in [2.75, 3.05) is 0 Å². The zero-order chi connectivity index (χ0) is 19.0. The zero-order valence-electron chi connectivity index (χ0n) is 15.4. The summed E-state index contributed by atoms with van der Waals surface area (Å²) < 4.78 is 12.1. The molecule has 0 amide bonds. The number of aromatic nitrogens is 2. The number of rotatable bonds is 4. The molecule has 134 valence electrons.